The van der Waals surface area contributed by atoms with Crippen LogP contribution in [0.4, 0.5) is 11.5 Å². The molecule has 2 atom stereocenters. The molecule has 27 nitrogen and oxygen atoms in total. The first kappa shape index (κ1) is 91.8. The predicted octanol–water partition coefficient (Wildman–Crippen LogP) is 18.1. The van der Waals surface area contributed by atoms with E-state index >= 15 is 0 Å². The number of benzene rings is 9. The number of hydrogen-bond acceptors (Lipinski definition) is 24. The molecule has 5 aromatic heterocycles. The summed E-state index contributed by atoms with van der Waals surface area (Å²) in [6, 6.07) is 65.7. The summed E-state index contributed by atoms with van der Waals surface area (Å²) in [5, 5.41) is 37.6. The van der Waals surface area contributed by atoms with Gasteiger partial charge in [-0.05, 0) is 223 Å². The van der Waals surface area contributed by atoms with Gasteiger partial charge in [-0.2, -0.15) is 10.2 Å². The number of likely N-dealkylation sites (tertiary alicyclic amines) is 1. The van der Waals surface area contributed by atoms with Gasteiger partial charge in [-0.25, -0.2) is 28.7 Å². The van der Waals surface area contributed by atoms with E-state index in [1.165, 1.54) is 95.2 Å². The molecule has 4 aliphatic heterocycles. The van der Waals surface area contributed by atoms with E-state index in [2.05, 4.69) is 70.3 Å². The van der Waals surface area contributed by atoms with Gasteiger partial charge in [-0.15, -0.1) is 11.3 Å². The van der Waals surface area contributed by atoms with Crippen LogP contribution in [-0.2, 0) is 30.3 Å². The number of para-hydroxylation sites is 3. The highest BCUT2D eigenvalue weighted by atomic mass is 32.2. The van der Waals surface area contributed by atoms with Crippen molar-refractivity contribution in [2.45, 2.75) is 105 Å². The molecule has 0 radical (unpaired) electrons. The molecule has 2 saturated heterocycles. The Hall–Kier alpha value is -14.5. The van der Waals surface area contributed by atoms with Crippen molar-refractivity contribution in [3.8, 4) is 45.7 Å². The Labute approximate surface area is 775 Å². The molecule has 682 valence electrons. The van der Waals surface area contributed by atoms with Gasteiger partial charge in [0, 0.05) is 77.9 Å². The summed E-state index contributed by atoms with van der Waals surface area (Å²) in [5.74, 6) is 0.533. The number of fused-ring (bicyclic) bond motifs is 6. The highest BCUT2D eigenvalue weighted by Crippen LogP contribution is 2.45. The number of carbonyl (C=O) groups is 5. The van der Waals surface area contributed by atoms with Gasteiger partial charge in [-0.3, -0.25) is 29.0 Å². The third-order valence-corrected chi connectivity index (χ3v) is 26.9. The molecule has 5 aliphatic rings. The van der Waals surface area contributed by atoms with Crippen molar-refractivity contribution in [1.29, 1.82) is 0 Å². The summed E-state index contributed by atoms with van der Waals surface area (Å²) in [7, 11) is 2.90. The average molecular weight is 1830 g/mol. The van der Waals surface area contributed by atoms with Crippen molar-refractivity contribution in [3.05, 3.63) is 305 Å². The number of thiophene rings is 1. The molecule has 3 fully saturated rings. The first-order valence-corrected chi connectivity index (χ1v) is 46.3. The Kier molecular flexibility index (Phi) is 28.3. The summed E-state index contributed by atoms with van der Waals surface area (Å²) >= 11 is 2.97. The van der Waals surface area contributed by atoms with Crippen LogP contribution in [0.3, 0.4) is 0 Å². The van der Waals surface area contributed by atoms with Gasteiger partial charge in [0.15, 0.2) is 16.7 Å². The maximum absolute atomic E-state index is 13.6. The zero-order valence-electron chi connectivity index (χ0n) is 75.1. The minimum Gasteiger partial charge on any atom is -0.507 e. The molecule has 133 heavy (non-hydrogen) atoms. The molecule has 3 N–H and O–H groups in total. The maximum Gasteiger partial charge on any atom is 0.344 e. The number of esters is 2. The van der Waals surface area contributed by atoms with E-state index in [4.69, 9.17) is 37.6 Å². The van der Waals surface area contributed by atoms with E-state index in [-0.39, 0.29) is 80.4 Å². The second-order valence-electron chi connectivity index (χ2n) is 33.4. The average Bonchev–Trinajstić information content (AvgIpc) is 1.73. The highest BCUT2D eigenvalue weighted by molar-refractivity contribution is 8.14. The van der Waals surface area contributed by atoms with Crippen LogP contribution in [0.25, 0.3) is 59.1 Å². The van der Waals surface area contributed by atoms with Gasteiger partial charge in [0.25, 0.3) is 11.5 Å². The standard InChI is InChI=1S/C27H18O8.C26H27N5OS.C26H28N4O3S.C25H29NO5/c1-33-25(30)15-12-10-14(11-13-15)20(21-23(28)16-6-2-4-8-18(16)34-26(21)31)22-24(29)17-7-3-5-9-19(17)35-27(22)32;1-16-11-18(3)21(12-17(16)2)22-13-24(31(30-22)20-7-5-4-6-8-20)29-25(32)15-33-26-27-14-23(28-26)19-9-10-19;1-4-21(25(31)29-15-13-28(14-16-29)18-9-11-19(33-3)12-10-18)30-26(32)23-20-7-5-6-8-22(20)34-24(23)17(2)27-30;1-2-29-24(28)25(13-6-10-19-8-4-3-5-9-19)14-7-15-26(17-25)23(27)20-11-12-21-22(16-20)31-18-30-21/h2-13,20,28-29H,1H3;4-8,11-13,19H,9-10,14-15H2,1-3H3,(H,29,32);5-12,21H,4,13-16H2,1-3H3;3-5,8-9,11-12,16H,2,6-7,10,13-15,17-18H2,1H3. The number of carbonyl (C=O) groups excluding carboxylic acids is 5. The van der Waals surface area contributed by atoms with Gasteiger partial charge in [0.2, 0.25) is 18.6 Å². The molecule has 9 heterocycles. The molecular formula is C104H102N10O17S2. The van der Waals surface area contributed by atoms with Crippen LogP contribution in [0.2, 0.25) is 0 Å². The quantitative estimate of drug-likeness (QED) is 0.0419. The predicted molar refractivity (Wildman–Crippen MR) is 517 cm³/mol. The molecule has 14 aromatic rings. The normalized spacial score (nSPS) is 15.3. The van der Waals surface area contributed by atoms with E-state index in [0.29, 0.717) is 91.9 Å². The molecule has 19 rings (SSSR count). The Morgan fingerprint density at radius 1 is 0.647 bits per heavy atom. The number of piperidine rings is 1. The molecule has 1 aliphatic carbocycles. The SMILES string of the molecule is CCC(C(=O)N1CCN(c2ccc(OC)cc2)CC1)n1nc(C)c2sc3ccccc3c2c1=O.CCOC(=O)C1(CCCc2ccccc2)CCCN(C(=O)c2ccc3c(c2)OCO3)C1.COC(=O)c1ccc(C(c2c(O)c3ccccc3oc2=O)c2c(O)c3ccccc3oc2=O)cc1.Cc1cc(C)c(-c2cc(NC(=O)CSC3=NCC(C4CC4)=N3)n(-c3ccccc3)n2)cc1C. The van der Waals surface area contributed by atoms with E-state index in [9.17, 15) is 48.6 Å². The molecule has 0 spiro atoms. The van der Waals surface area contributed by atoms with Gasteiger partial charge in [-0.1, -0.05) is 128 Å². The zero-order chi connectivity index (χ0) is 93.1. The number of aliphatic imine (C=N–C) groups is 2. The van der Waals surface area contributed by atoms with Gasteiger partial charge in [0.05, 0.1) is 99.1 Å². The van der Waals surface area contributed by atoms with Crippen molar-refractivity contribution in [1.82, 2.24) is 29.4 Å². The maximum atomic E-state index is 13.6. The number of aromatic hydroxyl groups is 2. The highest BCUT2D eigenvalue weighted by Gasteiger charge is 2.45. The number of aromatic nitrogens is 4. The number of nitrogens with zero attached hydrogens (tertiary/aromatic N) is 9. The number of methoxy groups -OCH3 is 2. The van der Waals surface area contributed by atoms with Crippen LogP contribution in [0.1, 0.15) is 136 Å². The van der Waals surface area contributed by atoms with E-state index in [1.807, 2.05) is 129 Å². The number of hydrogen-bond donors (Lipinski definition) is 3. The molecule has 0 bridgehead atoms. The number of ether oxygens (including phenoxy) is 5. The minimum atomic E-state index is -1.27. The summed E-state index contributed by atoms with van der Waals surface area (Å²) in [5.41, 5.74) is 9.05. The number of piperazine rings is 1. The van der Waals surface area contributed by atoms with Gasteiger partial charge in [0.1, 0.15) is 40.3 Å². The van der Waals surface area contributed by atoms with Crippen LogP contribution >= 0.6 is 23.1 Å². The van der Waals surface area contributed by atoms with E-state index in [1.54, 1.807) is 82.6 Å². The molecular weight excluding hydrogens is 1730 g/mol. The van der Waals surface area contributed by atoms with Crippen molar-refractivity contribution in [2.24, 2.45) is 21.3 Å². The number of anilines is 2. The Morgan fingerprint density at radius 3 is 1.93 bits per heavy atom. The van der Waals surface area contributed by atoms with Gasteiger partial charge < -0.3 is 62.7 Å². The number of thioether (sulfide) groups is 1. The van der Waals surface area contributed by atoms with Crippen molar-refractivity contribution in [3.63, 3.8) is 0 Å². The number of nitrogens with one attached hydrogen (secondary N) is 1. The first-order valence-electron chi connectivity index (χ1n) is 44.5. The van der Waals surface area contributed by atoms with Crippen LogP contribution in [0.5, 0.6) is 28.7 Å². The molecule has 2 unspecified atom stereocenters. The third-order valence-electron chi connectivity index (χ3n) is 24.7. The Morgan fingerprint density at radius 2 is 1.28 bits per heavy atom. The second-order valence-corrected chi connectivity index (χ2v) is 35.4. The first-order chi connectivity index (χ1) is 64.5. The van der Waals surface area contributed by atoms with Crippen molar-refractivity contribution >= 4 is 117 Å². The number of rotatable bonds is 22. The molecule has 3 amide bonds. The lowest BCUT2D eigenvalue weighted by molar-refractivity contribution is -0.159. The lowest BCUT2D eigenvalue weighted by Gasteiger charge is -2.41. The number of amides is 3. The van der Waals surface area contributed by atoms with E-state index in [0.717, 1.165) is 98.4 Å². The lowest BCUT2D eigenvalue weighted by atomic mass is 9.75. The van der Waals surface area contributed by atoms with Crippen LogP contribution in [0, 0.1) is 39.0 Å². The van der Waals surface area contributed by atoms with Gasteiger partial charge >= 0.3 is 23.2 Å². The summed E-state index contributed by atoms with van der Waals surface area (Å²) < 4.78 is 42.3. The molecule has 1 saturated carbocycles. The topological polar surface area (TPSA) is 332 Å². The third kappa shape index (κ3) is 20.2. The van der Waals surface area contributed by atoms with Crippen molar-refractivity contribution in [2.75, 3.05) is 89.4 Å². The summed E-state index contributed by atoms with van der Waals surface area (Å²) in [6.45, 7) is 16.9. The largest absolute Gasteiger partial charge is 0.507 e. The van der Waals surface area contributed by atoms with Crippen LogP contribution in [0.15, 0.2) is 252 Å². The fourth-order valence-electron chi connectivity index (χ4n) is 17.5. The molecule has 9 aromatic carbocycles. The second kappa shape index (κ2) is 40.9. The fourth-order valence-corrected chi connectivity index (χ4v) is 19.3. The fraction of sp³-hybridized carbons (Fsp3) is 0.288. The minimum absolute atomic E-state index is 0.0373. The summed E-state index contributed by atoms with van der Waals surface area (Å²) in [6.07, 6.45) is 6.94. The van der Waals surface area contributed by atoms with Crippen LogP contribution in [-0.4, -0.2) is 159 Å². The lowest BCUT2D eigenvalue weighted by Crippen LogP contribution is -2.51. The monoisotopic (exact) mass is 1830 g/mol. The van der Waals surface area contributed by atoms with Crippen LogP contribution < -0.4 is 41.2 Å². The molecule has 29 heteroatoms. The Bertz CT molecular complexity index is 6860. The number of amidine groups is 1. The summed E-state index contributed by atoms with van der Waals surface area (Å²) in [4.78, 5) is 119. The van der Waals surface area contributed by atoms with E-state index < -0.39 is 46.1 Å². The smallest absolute Gasteiger partial charge is 0.344 e. The zero-order valence-corrected chi connectivity index (χ0v) is 76.7. The Balaban J connectivity index is 0.000000129. The number of aryl methyl sites for hydroxylation is 5. The van der Waals surface area contributed by atoms with Crippen molar-refractivity contribution < 1.29 is 66.7 Å².